The number of hydrogen-bond acceptors (Lipinski definition) is 2. The maximum absolute atomic E-state index is 11.2. The molecule has 78 valence electrons. The number of carbonyl (C=O) groups excluding carboxylic acids is 1. The minimum atomic E-state index is 0.125. The van der Waals surface area contributed by atoms with Crippen molar-refractivity contribution >= 4 is 5.91 Å². The molecule has 0 fully saturated rings. The lowest BCUT2D eigenvalue weighted by Gasteiger charge is -2.07. The van der Waals surface area contributed by atoms with Crippen molar-refractivity contribution in [3.63, 3.8) is 0 Å². The molecule has 0 radical (unpaired) electrons. The summed E-state index contributed by atoms with van der Waals surface area (Å²) in [4.78, 5) is 15.2. The Labute approximate surface area is 84.3 Å². The van der Waals surface area contributed by atoms with Gasteiger partial charge in [-0.05, 0) is 5.92 Å². The Hall–Kier alpha value is -1.32. The average molecular weight is 195 g/mol. The first-order chi connectivity index (χ1) is 6.68. The van der Waals surface area contributed by atoms with E-state index in [-0.39, 0.29) is 5.91 Å². The fourth-order valence-corrected chi connectivity index (χ4v) is 1.19. The SMILES string of the molecule is CC(C)CC(=O)NCCn1ccnc1. The molecule has 1 rings (SSSR count). The minimum Gasteiger partial charge on any atom is -0.354 e. The van der Waals surface area contributed by atoms with Gasteiger partial charge in [0.15, 0.2) is 0 Å². The van der Waals surface area contributed by atoms with Gasteiger partial charge in [-0.2, -0.15) is 0 Å². The summed E-state index contributed by atoms with van der Waals surface area (Å²) >= 11 is 0. The van der Waals surface area contributed by atoms with Crippen LogP contribution in [0, 0.1) is 5.92 Å². The zero-order valence-electron chi connectivity index (χ0n) is 8.73. The zero-order valence-corrected chi connectivity index (χ0v) is 8.73. The van der Waals surface area contributed by atoms with Crippen LogP contribution >= 0.6 is 0 Å². The van der Waals surface area contributed by atoms with E-state index in [4.69, 9.17) is 0 Å². The van der Waals surface area contributed by atoms with Crippen molar-refractivity contribution in [2.24, 2.45) is 5.92 Å². The summed E-state index contributed by atoms with van der Waals surface area (Å²) in [5.74, 6) is 0.545. The predicted octanol–water partition coefficient (Wildman–Crippen LogP) is 1.05. The van der Waals surface area contributed by atoms with Gasteiger partial charge >= 0.3 is 0 Å². The molecular formula is C10H17N3O. The number of nitrogens with zero attached hydrogens (tertiary/aromatic N) is 2. The molecular weight excluding hydrogens is 178 g/mol. The van der Waals surface area contributed by atoms with Crippen LogP contribution in [0.1, 0.15) is 20.3 Å². The summed E-state index contributed by atoms with van der Waals surface area (Å²) in [6.07, 6.45) is 5.96. The fourth-order valence-electron chi connectivity index (χ4n) is 1.19. The molecule has 0 bridgehead atoms. The Balaban J connectivity index is 2.12. The number of aromatic nitrogens is 2. The lowest BCUT2D eigenvalue weighted by molar-refractivity contribution is -0.121. The van der Waals surface area contributed by atoms with Crippen LogP contribution in [-0.4, -0.2) is 22.0 Å². The molecule has 14 heavy (non-hydrogen) atoms. The van der Waals surface area contributed by atoms with Crippen molar-refractivity contribution in [3.05, 3.63) is 18.7 Å². The third kappa shape index (κ3) is 4.07. The number of nitrogens with one attached hydrogen (secondary N) is 1. The van der Waals surface area contributed by atoms with E-state index >= 15 is 0 Å². The molecule has 0 aromatic carbocycles. The molecule has 0 atom stereocenters. The Kier molecular flexibility index (Phi) is 4.16. The summed E-state index contributed by atoms with van der Waals surface area (Å²) < 4.78 is 1.94. The van der Waals surface area contributed by atoms with Crippen LogP contribution in [0.15, 0.2) is 18.7 Å². The van der Waals surface area contributed by atoms with Crippen molar-refractivity contribution in [1.82, 2.24) is 14.9 Å². The normalized spacial score (nSPS) is 10.5. The Morgan fingerprint density at radius 1 is 1.57 bits per heavy atom. The Bertz CT molecular complexity index is 267. The second-order valence-electron chi connectivity index (χ2n) is 3.75. The Morgan fingerprint density at radius 3 is 2.93 bits per heavy atom. The molecule has 1 aromatic heterocycles. The second kappa shape index (κ2) is 5.42. The van der Waals surface area contributed by atoms with Crippen molar-refractivity contribution < 1.29 is 4.79 Å². The first kappa shape index (κ1) is 10.8. The van der Waals surface area contributed by atoms with E-state index in [0.29, 0.717) is 18.9 Å². The van der Waals surface area contributed by atoms with Crippen LogP contribution in [-0.2, 0) is 11.3 Å². The summed E-state index contributed by atoms with van der Waals surface area (Å²) in [6, 6.07) is 0. The van der Waals surface area contributed by atoms with E-state index in [0.717, 1.165) is 6.54 Å². The van der Waals surface area contributed by atoms with E-state index in [2.05, 4.69) is 10.3 Å². The number of amides is 1. The maximum atomic E-state index is 11.2. The summed E-state index contributed by atoms with van der Waals surface area (Å²) in [5.41, 5.74) is 0. The summed E-state index contributed by atoms with van der Waals surface area (Å²) in [5, 5.41) is 2.86. The van der Waals surface area contributed by atoms with Crippen LogP contribution in [0.2, 0.25) is 0 Å². The van der Waals surface area contributed by atoms with Gasteiger partial charge in [0.2, 0.25) is 5.91 Å². The van der Waals surface area contributed by atoms with Crippen LogP contribution in [0.5, 0.6) is 0 Å². The Morgan fingerprint density at radius 2 is 2.36 bits per heavy atom. The molecule has 4 nitrogen and oxygen atoms in total. The van der Waals surface area contributed by atoms with Crippen LogP contribution < -0.4 is 5.32 Å². The highest BCUT2D eigenvalue weighted by Crippen LogP contribution is 1.97. The second-order valence-corrected chi connectivity index (χ2v) is 3.75. The fraction of sp³-hybridized carbons (Fsp3) is 0.600. The third-order valence-electron chi connectivity index (χ3n) is 1.85. The third-order valence-corrected chi connectivity index (χ3v) is 1.85. The van der Waals surface area contributed by atoms with E-state index < -0.39 is 0 Å². The quantitative estimate of drug-likeness (QED) is 0.763. The number of rotatable bonds is 5. The van der Waals surface area contributed by atoms with Gasteiger partial charge in [-0.25, -0.2) is 4.98 Å². The van der Waals surface area contributed by atoms with E-state index in [1.165, 1.54) is 0 Å². The van der Waals surface area contributed by atoms with Gasteiger partial charge in [0.25, 0.3) is 0 Å². The van der Waals surface area contributed by atoms with Crippen LogP contribution in [0.3, 0.4) is 0 Å². The van der Waals surface area contributed by atoms with Crippen LogP contribution in [0.4, 0.5) is 0 Å². The lowest BCUT2D eigenvalue weighted by Crippen LogP contribution is -2.27. The molecule has 1 N–H and O–H groups in total. The van der Waals surface area contributed by atoms with Gasteiger partial charge in [-0.1, -0.05) is 13.8 Å². The first-order valence-corrected chi connectivity index (χ1v) is 4.91. The number of hydrogen-bond donors (Lipinski definition) is 1. The van der Waals surface area contributed by atoms with Crippen molar-refractivity contribution in [2.75, 3.05) is 6.54 Å². The minimum absolute atomic E-state index is 0.125. The lowest BCUT2D eigenvalue weighted by atomic mass is 10.1. The van der Waals surface area contributed by atoms with Gasteiger partial charge in [0.05, 0.1) is 6.33 Å². The van der Waals surface area contributed by atoms with Crippen molar-refractivity contribution in [3.8, 4) is 0 Å². The van der Waals surface area contributed by atoms with Crippen molar-refractivity contribution in [2.45, 2.75) is 26.8 Å². The smallest absolute Gasteiger partial charge is 0.220 e. The molecule has 0 saturated heterocycles. The van der Waals surface area contributed by atoms with Crippen LogP contribution in [0.25, 0.3) is 0 Å². The molecule has 1 aromatic rings. The number of carbonyl (C=O) groups is 1. The molecule has 0 unspecified atom stereocenters. The van der Waals surface area contributed by atoms with Gasteiger partial charge in [-0.3, -0.25) is 4.79 Å². The topological polar surface area (TPSA) is 46.9 Å². The molecule has 0 aliphatic rings. The van der Waals surface area contributed by atoms with Gasteiger partial charge in [-0.15, -0.1) is 0 Å². The average Bonchev–Trinajstić information content (AvgIpc) is 2.55. The van der Waals surface area contributed by atoms with E-state index in [1.807, 2.05) is 24.6 Å². The monoisotopic (exact) mass is 195 g/mol. The predicted molar refractivity (Wildman–Crippen MR) is 54.7 cm³/mol. The van der Waals surface area contributed by atoms with Gasteiger partial charge in [0, 0.05) is 31.9 Å². The summed E-state index contributed by atoms with van der Waals surface area (Å²) in [7, 11) is 0. The maximum Gasteiger partial charge on any atom is 0.220 e. The largest absolute Gasteiger partial charge is 0.354 e. The molecule has 0 aliphatic heterocycles. The molecule has 1 heterocycles. The van der Waals surface area contributed by atoms with Gasteiger partial charge < -0.3 is 9.88 Å². The molecule has 4 heteroatoms. The van der Waals surface area contributed by atoms with Gasteiger partial charge in [0.1, 0.15) is 0 Å². The molecule has 0 aliphatic carbocycles. The highest BCUT2D eigenvalue weighted by atomic mass is 16.1. The first-order valence-electron chi connectivity index (χ1n) is 4.91. The van der Waals surface area contributed by atoms with Crippen molar-refractivity contribution in [1.29, 1.82) is 0 Å². The highest BCUT2D eigenvalue weighted by Gasteiger charge is 2.02. The highest BCUT2D eigenvalue weighted by molar-refractivity contribution is 5.75. The summed E-state index contributed by atoms with van der Waals surface area (Å²) in [6.45, 7) is 5.52. The van der Waals surface area contributed by atoms with E-state index in [9.17, 15) is 4.79 Å². The zero-order chi connectivity index (χ0) is 10.4. The number of imidazole rings is 1. The molecule has 1 amide bonds. The standard InChI is InChI=1S/C10H17N3O/c1-9(2)7-10(14)12-4-6-13-5-3-11-8-13/h3,5,8-9H,4,6-7H2,1-2H3,(H,12,14). The molecule has 0 spiro atoms. The van der Waals surface area contributed by atoms with E-state index in [1.54, 1.807) is 12.5 Å². The molecule has 0 saturated carbocycles.